The van der Waals surface area contributed by atoms with Gasteiger partial charge in [-0.2, -0.15) is 0 Å². The summed E-state index contributed by atoms with van der Waals surface area (Å²) in [5, 5.41) is 8.86. The van der Waals surface area contributed by atoms with Crippen LogP contribution in [0, 0.1) is 5.41 Å². The van der Waals surface area contributed by atoms with Crippen LogP contribution < -0.4 is 5.73 Å². The molecule has 0 aromatic rings. The monoisotopic (exact) mass is 278 g/mol. The minimum atomic E-state index is -2.57. The third kappa shape index (κ3) is 5.03. The Morgan fingerprint density at radius 3 is 2.42 bits per heavy atom. The molecule has 112 valence electrons. The smallest absolute Gasteiger partial charge is 0.255 e. The highest BCUT2D eigenvalue weighted by atomic mass is 19.3. The van der Waals surface area contributed by atoms with Gasteiger partial charge in [-0.05, 0) is 24.8 Å². The lowest BCUT2D eigenvalue weighted by molar-refractivity contribution is -0.136. The summed E-state index contributed by atoms with van der Waals surface area (Å²) in [5.41, 5.74) is 5.56. The molecule has 1 aliphatic carbocycles. The number of alkyl halides is 2. The number of halogens is 2. The van der Waals surface area contributed by atoms with E-state index >= 15 is 0 Å². The molecular weight excluding hydrogens is 254 g/mol. The minimum absolute atomic E-state index is 0.0379. The first-order valence-corrected chi connectivity index (χ1v) is 6.90. The van der Waals surface area contributed by atoms with E-state index in [-0.39, 0.29) is 30.9 Å². The minimum Gasteiger partial charge on any atom is -0.395 e. The number of carbonyl (C=O) groups excluding carboxylic acids is 1. The van der Waals surface area contributed by atoms with Gasteiger partial charge < -0.3 is 15.7 Å². The maximum Gasteiger partial charge on any atom is 0.255 e. The Morgan fingerprint density at radius 2 is 1.95 bits per heavy atom. The molecule has 3 N–H and O–H groups in total. The highest BCUT2D eigenvalue weighted by Gasteiger charge is 2.34. The van der Waals surface area contributed by atoms with E-state index in [4.69, 9.17) is 10.8 Å². The van der Waals surface area contributed by atoms with Crippen LogP contribution in [0.15, 0.2) is 0 Å². The van der Waals surface area contributed by atoms with Gasteiger partial charge in [0.25, 0.3) is 6.43 Å². The number of hydrogen-bond acceptors (Lipinski definition) is 3. The fourth-order valence-electron chi connectivity index (χ4n) is 2.79. The molecule has 1 fully saturated rings. The van der Waals surface area contributed by atoms with Gasteiger partial charge in [0.1, 0.15) is 0 Å². The van der Waals surface area contributed by atoms with Crippen molar-refractivity contribution < 1.29 is 18.7 Å². The predicted molar refractivity (Wildman–Crippen MR) is 68.9 cm³/mol. The lowest BCUT2D eigenvalue weighted by Crippen LogP contribution is -2.43. The molecule has 0 aliphatic heterocycles. The summed E-state index contributed by atoms with van der Waals surface area (Å²) in [4.78, 5) is 13.2. The highest BCUT2D eigenvalue weighted by molar-refractivity contribution is 5.77. The van der Waals surface area contributed by atoms with Crippen molar-refractivity contribution in [3.63, 3.8) is 0 Å². The number of aliphatic hydroxyl groups is 1. The van der Waals surface area contributed by atoms with Crippen LogP contribution in [0.5, 0.6) is 0 Å². The van der Waals surface area contributed by atoms with Crippen molar-refractivity contribution >= 4 is 5.91 Å². The van der Waals surface area contributed by atoms with E-state index in [9.17, 15) is 13.6 Å². The van der Waals surface area contributed by atoms with E-state index in [1.807, 2.05) is 0 Å². The number of rotatable bonds is 7. The molecule has 0 aromatic carbocycles. The summed E-state index contributed by atoms with van der Waals surface area (Å²) in [5.74, 6) is -0.318. The molecule has 1 rings (SSSR count). The van der Waals surface area contributed by atoms with Gasteiger partial charge in [0.15, 0.2) is 0 Å². The van der Waals surface area contributed by atoms with Crippen molar-refractivity contribution in [1.29, 1.82) is 0 Å². The van der Waals surface area contributed by atoms with Gasteiger partial charge in [-0.15, -0.1) is 0 Å². The van der Waals surface area contributed by atoms with Crippen molar-refractivity contribution in [2.45, 2.75) is 45.0 Å². The molecule has 1 saturated carbocycles. The average Bonchev–Trinajstić information content (AvgIpc) is 2.39. The van der Waals surface area contributed by atoms with Gasteiger partial charge in [-0.3, -0.25) is 4.79 Å². The van der Waals surface area contributed by atoms with E-state index in [1.165, 1.54) is 0 Å². The lowest BCUT2D eigenvalue weighted by Gasteiger charge is -2.37. The summed E-state index contributed by atoms with van der Waals surface area (Å²) < 4.78 is 24.8. The molecule has 1 aliphatic rings. The second-order valence-corrected chi connectivity index (χ2v) is 5.40. The van der Waals surface area contributed by atoms with Crippen LogP contribution in [0.2, 0.25) is 0 Å². The maximum absolute atomic E-state index is 12.4. The Kier molecular flexibility index (Phi) is 6.65. The third-order valence-corrected chi connectivity index (χ3v) is 3.95. The van der Waals surface area contributed by atoms with E-state index in [1.54, 1.807) is 0 Å². The molecule has 0 saturated heterocycles. The van der Waals surface area contributed by atoms with Crippen LogP contribution in [-0.2, 0) is 4.79 Å². The van der Waals surface area contributed by atoms with Crippen LogP contribution >= 0.6 is 0 Å². The molecule has 0 aromatic heterocycles. The summed E-state index contributed by atoms with van der Waals surface area (Å²) in [6.07, 6.45) is 2.64. The summed E-state index contributed by atoms with van der Waals surface area (Å²) in [6, 6.07) is 0. The summed E-state index contributed by atoms with van der Waals surface area (Å²) >= 11 is 0. The molecule has 0 atom stereocenters. The van der Waals surface area contributed by atoms with Gasteiger partial charge in [0.2, 0.25) is 5.91 Å². The van der Waals surface area contributed by atoms with Crippen LogP contribution in [0.3, 0.4) is 0 Å². The number of nitrogens with two attached hydrogens (primary N) is 1. The molecule has 0 spiro atoms. The number of hydrogen-bond donors (Lipinski definition) is 2. The topological polar surface area (TPSA) is 66.6 Å². The van der Waals surface area contributed by atoms with Gasteiger partial charge in [-0.1, -0.05) is 19.3 Å². The molecule has 1 amide bonds. The molecule has 19 heavy (non-hydrogen) atoms. The van der Waals surface area contributed by atoms with E-state index in [0.29, 0.717) is 6.54 Å². The fourth-order valence-corrected chi connectivity index (χ4v) is 2.79. The second-order valence-electron chi connectivity index (χ2n) is 5.40. The number of amides is 1. The molecule has 0 heterocycles. The molecule has 6 heteroatoms. The Bertz CT molecular complexity index is 282. The SMILES string of the molecule is NCC1(CC(=O)N(CCO)CC(F)F)CCCCC1. The van der Waals surface area contributed by atoms with Crippen LogP contribution in [0.1, 0.15) is 38.5 Å². The summed E-state index contributed by atoms with van der Waals surface area (Å²) in [7, 11) is 0. The van der Waals surface area contributed by atoms with Crippen LogP contribution in [-0.4, -0.2) is 48.6 Å². The Hall–Kier alpha value is -0.750. The highest BCUT2D eigenvalue weighted by Crippen LogP contribution is 2.38. The van der Waals surface area contributed by atoms with Crippen molar-refractivity contribution in [1.82, 2.24) is 4.90 Å². The van der Waals surface area contributed by atoms with E-state index in [2.05, 4.69) is 0 Å². The first-order chi connectivity index (χ1) is 9.03. The van der Waals surface area contributed by atoms with Crippen molar-refractivity contribution in [3.8, 4) is 0 Å². The largest absolute Gasteiger partial charge is 0.395 e. The maximum atomic E-state index is 12.4. The summed E-state index contributed by atoms with van der Waals surface area (Å²) in [6.45, 7) is -0.529. The van der Waals surface area contributed by atoms with E-state index < -0.39 is 13.0 Å². The molecular formula is C13H24F2N2O2. The van der Waals surface area contributed by atoms with Crippen LogP contribution in [0.25, 0.3) is 0 Å². The van der Waals surface area contributed by atoms with E-state index in [0.717, 1.165) is 37.0 Å². The lowest BCUT2D eigenvalue weighted by atomic mass is 9.71. The Morgan fingerprint density at radius 1 is 1.32 bits per heavy atom. The fraction of sp³-hybridized carbons (Fsp3) is 0.923. The molecule has 0 unspecified atom stereocenters. The zero-order valence-electron chi connectivity index (χ0n) is 11.3. The second kappa shape index (κ2) is 7.75. The zero-order chi connectivity index (χ0) is 14.3. The van der Waals surface area contributed by atoms with Gasteiger partial charge >= 0.3 is 0 Å². The van der Waals surface area contributed by atoms with Crippen LogP contribution in [0.4, 0.5) is 8.78 Å². The van der Waals surface area contributed by atoms with Gasteiger partial charge in [0, 0.05) is 13.0 Å². The first-order valence-electron chi connectivity index (χ1n) is 6.90. The van der Waals surface area contributed by atoms with Gasteiger partial charge in [0.05, 0.1) is 13.2 Å². The quantitative estimate of drug-likeness (QED) is 0.739. The predicted octanol–water partition coefficient (Wildman–Crippen LogP) is 1.37. The average molecular weight is 278 g/mol. The molecule has 0 radical (unpaired) electrons. The number of aliphatic hydroxyl groups excluding tert-OH is 1. The Balaban J connectivity index is 2.62. The Labute approximate surface area is 112 Å². The van der Waals surface area contributed by atoms with Crippen molar-refractivity contribution in [2.24, 2.45) is 11.1 Å². The molecule has 4 nitrogen and oxygen atoms in total. The number of carbonyl (C=O) groups is 1. The van der Waals surface area contributed by atoms with Crippen molar-refractivity contribution in [3.05, 3.63) is 0 Å². The molecule has 0 bridgehead atoms. The number of nitrogens with zero attached hydrogens (tertiary/aromatic N) is 1. The normalized spacial score (nSPS) is 18.6. The van der Waals surface area contributed by atoms with Crippen molar-refractivity contribution in [2.75, 3.05) is 26.2 Å². The van der Waals surface area contributed by atoms with Gasteiger partial charge in [-0.25, -0.2) is 8.78 Å². The standard InChI is InChI=1S/C13H24F2N2O2/c14-11(15)9-17(6-7-18)12(19)8-13(10-16)4-2-1-3-5-13/h11,18H,1-10,16H2. The zero-order valence-corrected chi connectivity index (χ0v) is 11.3. The third-order valence-electron chi connectivity index (χ3n) is 3.95. The first kappa shape index (κ1) is 16.3.